The Morgan fingerprint density at radius 3 is 2.52 bits per heavy atom. The molecule has 2 aromatic heterocycles. The summed E-state index contributed by atoms with van der Waals surface area (Å²) in [5, 5.41) is 9.22. The first-order valence-electron chi connectivity index (χ1n) is 14.4. The number of alkyl carbamates (subject to hydrolysis) is 1. The van der Waals surface area contributed by atoms with Crippen LogP contribution in [0, 0.1) is 5.92 Å². The third kappa shape index (κ3) is 6.73. The van der Waals surface area contributed by atoms with Gasteiger partial charge in [-0.3, -0.25) is 4.98 Å². The highest BCUT2D eigenvalue weighted by Crippen LogP contribution is 2.26. The van der Waals surface area contributed by atoms with Gasteiger partial charge in [0, 0.05) is 43.3 Å². The molecule has 212 valence electrons. The van der Waals surface area contributed by atoms with E-state index in [0.29, 0.717) is 18.5 Å². The minimum absolute atomic E-state index is 0.0387. The molecule has 1 amide bonds. The normalized spacial score (nSPS) is 15.9. The lowest BCUT2D eigenvalue weighted by atomic mass is 10.0. The number of carbonyl (C=O) groups is 1. The van der Waals surface area contributed by atoms with Crippen LogP contribution in [0.2, 0.25) is 0 Å². The van der Waals surface area contributed by atoms with E-state index in [-0.39, 0.29) is 12.1 Å². The van der Waals surface area contributed by atoms with Crippen molar-refractivity contribution in [2.45, 2.75) is 71.7 Å². The van der Waals surface area contributed by atoms with Crippen molar-refractivity contribution in [2.24, 2.45) is 5.92 Å². The Hall–Kier alpha value is -3.65. The van der Waals surface area contributed by atoms with E-state index in [4.69, 9.17) is 14.7 Å². The second kappa shape index (κ2) is 11.8. The first-order chi connectivity index (χ1) is 19.2. The molecule has 0 spiro atoms. The van der Waals surface area contributed by atoms with Crippen molar-refractivity contribution in [1.82, 2.24) is 24.8 Å². The summed E-state index contributed by atoms with van der Waals surface area (Å²) in [5.41, 5.74) is 2.62. The van der Waals surface area contributed by atoms with E-state index in [9.17, 15) is 4.79 Å². The Balaban J connectivity index is 1.26. The highest BCUT2D eigenvalue weighted by molar-refractivity contribution is 5.85. The van der Waals surface area contributed by atoms with Gasteiger partial charge in [-0.15, -0.1) is 0 Å². The Labute approximate surface area is 237 Å². The molecule has 0 aliphatic carbocycles. The molecule has 4 aromatic rings. The second-order valence-electron chi connectivity index (χ2n) is 12.2. The van der Waals surface area contributed by atoms with E-state index in [0.717, 1.165) is 55.2 Å². The maximum absolute atomic E-state index is 12.4. The lowest BCUT2D eigenvalue weighted by Crippen LogP contribution is -2.50. The van der Waals surface area contributed by atoms with Crippen molar-refractivity contribution >= 4 is 33.8 Å². The van der Waals surface area contributed by atoms with Crippen molar-refractivity contribution in [2.75, 3.05) is 25.0 Å². The molecule has 8 heteroatoms. The van der Waals surface area contributed by atoms with Crippen LogP contribution in [0.1, 0.15) is 53.2 Å². The minimum Gasteiger partial charge on any atom is -0.444 e. The number of imidazole rings is 1. The zero-order chi connectivity index (χ0) is 28.3. The summed E-state index contributed by atoms with van der Waals surface area (Å²) in [6.45, 7) is 13.3. The number of benzene rings is 2. The van der Waals surface area contributed by atoms with Crippen molar-refractivity contribution in [3.63, 3.8) is 0 Å². The van der Waals surface area contributed by atoms with E-state index in [1.165, 1.54) is 10.8 Å². The summed E-state index contributed by atoms with van der Waals surface area (Å²) in [6, 6.07) is 19.1. The number of amides is 1. The number of anilines is 1. The molecule has 1 aliphatic heterocycles. The van der Waals surface area contributed by atoms with Gasteiger partial charge in [0.05, 0.1) is 23.3 Å². The maximum Gasteiger partial charge on any atom is 0.407 e. The van der Waals surface area contributed by atoms with Gasteiger partial charge in [0.15, 0.2) is 0 Å². The van der Waals surface area contributed by atoms with Gasteiger partial charge in [-0.25, -0.2) is 9.78 Å². The quantitative estimate of drug-likeness (QED) is 0.282. The van der Waals surface area contributed by atoms with Crippen molar-refractivity contribution in [3.8, 4) is 0 Å². The molecule has 5 rings (SSSR count). The standard InChI is InChI=1S/C32H42N6O2/c1-22(2)27(36-31(39)40-32(3,4)5)20-37-18-15-24(16-19-37)34-30-35-26-12-8-9-13-29(26)38(30)21-28-25-11-7-6-10-23(25)14-17-33-28/h6-14,17,22,24,27H,15-16,18-21H2,1-5H3,(H,34,35)(H,36,39). The fraction of sp³-hybridized carbons (Fsp3) is 0.469. The lowest BCUT2D eigenvalue weighted by molar-refractivity contribution is 0.0468. The predicted molar refractivity (Wildman–Crippen MR) is 162 cm³/mol. The predicted octanol–water partition coefficient (Wildman–Crippen LogP) is 6.06. The van der Waals surface area contributed by atoms with E-state index in [2.05, 4.69) is 82.5 Å². The SMILES string of the molecule is CC(C)C(CN1CCC(Nc2nc3ccccc3n2Cc2nccc3ccccc23)CC1)NC(=O)OC(C)(C)C. The van der Waals surface area contributed by atoms with Gasteiger partial charge >= 0.3 is 6.09 Å². The van der Waals surface area contributed by atoms with E-state index in [1.54, 1.807) is 0 Å². The summed E-state index contributed by atoms with van der Waals surface area (Å²) in [6.07, 6.45) is 3.56. The molecule has 1 atom stereocenters. The van der Waals surface area contributed by atoms with Crippen LogP contribution < -0.4 is 10.6 Å². The third-order valence-corrected chi connectivity index (χ3v) is 7.60. The van der Waals surface area contributed by atoms with Crippen LogP contribution in [0.5, 0.6) is 0 Å². The molecule has 40 heavy (non-hydrogen) atoms. The molecule has 2 aromatic carbocycles. The molecule has 8 nitrogen and oxygen atoms in total. The van der Waals surface area contributed by atoms with Gasteiger partial charge in [0.2, 0.25) is 5.95 Å². The molecule has 1 unspecified atom stereocenters. The third-order valence-electron chi connectivity index (χ3n) is 7.60. The number of fused-ring (bicyclic) bond motifs is 2. The van der Waals surface area contributed by atoms with E-state index < -0.39 is 5.60 Å². The van der Waals surface area contributed by atoms with E-state index in [1.807, 2.05) is 33.0 Å². The Bertz CT molecular complexity index is 1440. The van der Waals surface area contributed by atoms with Crippen LogP contribution in [0.25, 0.3) is 21.8 Å². The average molecular weight is 543 g/mol. The molecule has 0 saturated carbocycles. The monoisotopic (exact) mass is 542 g/mol. The van der Waals surface area contributed by atoms with E-state index >= 15 is 0 Å². The first-order valence-corrected chi connectivity index (χ1v) is 14.4. The molecular formula is C32H42N6O2. The van der Waals surface area contributed by atoms with Gasteiger partial charge in [0.25, 0.3) is 0 Å². The molecule has 1 aliphatic rings. The molecule has 0 bridgehead atoms. The van der Waals surface area contributed by atoms with Gasteiger partial charge in [-0.1, -0.05) is 50.2 Å². The largest absolute Gasteiger partial charge is 0.444 e. The second-order valence-corrected chi connectivity index (χ2v) is 12.2. The molecule has 3 heterocycles. The highest BCUT2D eigenvalue weighted by Gasteiger charge is 2.27. The Morgan fingerprint density at radius 1 is 1.05 bits per heavy atom. The number of aromatic nitrogens is 3. The summed E-state index contributed by atoms with van der Waals surface area (Å²) in [7, 11) is 0. The molecule has 1 fully saturated rings. The van der Waals surface area contributed by atoms with Gasteiger partial charge < -0.3 is 24.8 Å². The number of hydrogen-bond acceptors (Lipinski definition) is 6. The fourth-order valence-corrected chi connectivity index (χ4v) is 5.41. The number of piperidine rings is 1. The number of carbonyl (C=O) groups excluding carboxylic acids is 1. The average Bonchev–Trinajstić information content (AvgIpc) is 3.25. The number of pyridine rings is 1. The van der Waals surface area contributed by atoms with Gasteiger partial charge in [0.1, 0.15) is 5.60 Å². The van der Waals surface area contributed by atoms with Gasteiger partial charge in [-0.2, -0.15) is 0 Å². The van der Waals surface area contributed by atoms with Gasteiger partial charge in [-0.05, 0) is 63.1 Å². The number of likely N-dealkylation sites (tertiary alicyclic amines) is 1. The van der Waals surface area contributed by atoms with Crippen LogP contribution in [-0.2, 0) is 11.3 Å². The number of rotatable bonds is 8. The minimum atomic E-state index is -0.504. The number of para-hydroxylation sites is 2. The topological polar surface area (TPSA) is 84.3 Å². The molecule has 0 radical (unpaired) electrons. The lowest BCUT2D eigenvalue weighted by Gasteiger charge is -2.36. The molecule has 2 N–H and O–H groups in total. The first kappa shape index (κ1) is 27.9. The number of nitrogens with one attached hydrogen (secondary N) is 2. The summed E-state index contributed by atoms with van der Waals surface area (Å²) in [4.78, 5) is 24.6. The van der Waals surface area contributed by atoms with Crippen molar-refractivity contribution in [1.29, 1.82) is 0 Å². The summed E-state index contributed by atoms with van der Waals surface area (Å²) >= 11 is 0. The number of hydrogen-bond donors (Lipinski definition) is 2. The zero-order valence-corrected chi connectivity index (χ0v) is 24.4. The van der Waals surface area contributed by atoms with Crippen LogP contribution >= 0.6 is 0 Å². The van der Waals surface area contributed by atoms with Crippen LogP contribution in [0.15, 0.2) is 60.8 Å². The number of ether oxygens (including phenoxy) is 1. The Morgan fingerprint density at radius 2 is 1.77 bits per heavy atom. The maximum atomic E-state index is 12.4. The highest BCUT2D eigenvalue weighted by atomic mass is 16.6. The zero-order valence-electron chi connectivity index (χ0n) is 24.4. The van der Waals surface area contributed by atoms with Crippen molar-refractivity contribution in [3.05, 3.63) is 66.5 Å². The Kier molecular flexibility index (Phi) is 8.26. The summed E-state index contributed by atoms with van der Waals surface area (Å²) in [5.74, 6) is 1.20. The molecular weight excluding hydrogens is 500 g/mol. The van der Waals surface area contributed by atoms with Crippen LogP contribution in [-0.4, -0.2) is 62.8 Å². The van der Waals surface area contributed by atoms with Crippen molar-refractivity contribution < 1.29 is 9.53 Å². The fourth-order valence-electron chi connectivity index (χ4n) is 5.41. The smallest absolute Gasteiger partial charge is 0.407 e. The van der Waals surface area contributed by atoms with Crippen LogP contribution in [0.3, 0.4) is 0 Å². The molecule has 1 saturated heterocycles. The number of nitrogens with zero attached hydrogens (tertiary/aromatic N) is 4. The summed E-state index contributed by atoms with van der Waals surface area (Å²) < 4.78 is 7.76. The van der Waals surface area contributed by atoms with Crippen LogP contribution in [0.4, 0.5) is 10.7 Å².